The van der Waals surface area contributed by atoms with Gasteiger partial charge in [-0.25, -0.2) is 24.0 Å². The average molecular weight is 555 g/mol. The molecule has 0 unspecified atom stereocenters. The quantitative estimate of drug-likeness (QED) is 0.288. The summed E-state index contributed by atoms with van der Waals surface area (Å²) in [5, 5.41) is 17.4. The minimum Gasteiger partial charge on any atom is -0.479 e. The van der Waals surface area contributed by atoms with Crippen LogP contribution in [0.4, 0.5) is 18.0 Å². The Morgan fingerprint density at radius 2 is 2.24 bits per heavy atom. The van der Waals surface area contributed by atoms with Crippen LogP contribution in [-0.2, 0) is 9.53 Å². The fourth-order valence-corrected chi connectivity index (χ4v) is 4.65. The predicted molar refractivity (Wildman–Crippen MR) is 129 cm³/mol. The van der Waals surface area contributed by atoms with Crippen LogP contribution in [0.15, 0.2) is 62.8 Å². The standard InChI is InChI=1S/C22H18ClF3N6O4S/c23-12-7-10(24)1-2-11(12)16-15(13(27)3-4-29-20(25)26)14(30-17(31-16)18-28-5-6-37-18)8-22(19(33)34)9-36-21(35)32-22/h1-7,16,20H,8-9,27H2,(H,30,31)(H,32,35)(H,33,34)/t16-,22-/m0/s1. The molecule has 2 aliphatic heterocycles. The number of carbonyl (C=O) groups is 2. The van der Waals surface area contributed by atoms with Gasteiger partial charge in [0.05, 0.1) is 0 Å². The largest absolute Gasteiger partial charge is 0.479 e. The number of halogens is 4. The molecule has 37 heavy (non-hydrogen) atoms. The molecule has 5 N–H and O–H groups in total. The maximum Gasteiger partial charge on any atom is 0.408 e. The van der Waals surface area contributed by atoms with Crippen molar-refractivity contribution in [2.24, 2.45) is 15.7 Å². The van der Waals surface area contributed by atoms with Crippen LogP contribution in [0.25, 0.3) is 0 Å². The highest BCUT2D eigenvalue weighted by atomic mass is 35.5. The van der Waals surface area contributed by atoms with Gasteiger partial charge in [0, 0.05) is 51.8 Å². The third kappa shape index (κ3) is 5.59. The van der Waals surface area contributed by atoms with Gasteiger partial charge in [0.2, 0.25) is 0 Å². The molecule has 0 spiro atoms. The summed E-state index contributed by atoms with van der Waals surface area (Å²) < 4.78 is 43.9. The van der Waals surface area contributed by atoms with Crippen LogP contribution < -0.4 is 16.4 Å². The lowest BCUT2D eigenvalue weighted by Crippen LogP contribution is -2.52. The van der Waals surface area contributed by atoms with E-state index in [0.29, 0.717) is 10.6 Å². The zero-order valence-electron chi connectivity index (χ0n) is 18.6. The van der Waals surface area contributed by atoms with Gasteiger partial charge in [0.25, 0.3) is 0 Å². The summed E-state index contributed by atoms with van der Waals surface area (Å²) in [6.07, 6.45) is 2.11. The number of amidine groups is 1. The molecule has 2 atom stereocenters. The summed E-state index contributed by atoms with van der Waals surface area (Å²) >= 11 is 7.57. The van der Waals surface area contributed by atoms with E-state index in [-0.39, 0.29) is 34.2 Å². The number of carboxylic acid groups (broad SMARTS) is 1. The van der Waals surface area contributed by atoms with E-state index in [1.165, 1.54) is 23.6 Å². The monoisotopic (exact) mass is 554 g/mol. The van der Waals surface area contributed by atoms with Gasteiger partial charge in [-0.15, -0.1) is 11.3 Å². The van der Waals surface area contributed by atoms with Crippen molar-refractivity contribution < 1.29 is 32.6 Å². The van der Waals surface area contributed by atoms with Gasteiger partial charge in [-0.2, -0.15) is 8.78 Å². The van der Waals surface area contributed by atoms with Crippen molar-refractivity contribution in [1.29, 1.82) is 0 Å². The molecule has 2 aliphatic rings. The number of hydrogen-bond donors (Lipinski definition) is 4. The van der Waals surface area contributed by atoms with Crippen LogP contribution in [-0.4, -0.2) is 52.9 Å². The van der Waals surface area contributed by atoms with E-state index in [9.17, 15) is 27.9 Å². The van der Waals surface area contributed by atoms with E-state index < -0.39 is 42.6 Å². The third-order valence-corrected chi connectivity index (χ3v) is 6.57. The number of nitrogens with two attached hydrogens (primary N) is 1. The van der Waals surface area contributed by atoms with Gasteiger partial charge in [-0.1, -0.05) is 17.7 Å². The number of hydrogen-bond acceptors (Lipinski definition) is 9. The first-order valence-corrected chi connectivity index (χ1v) is 11.7. The second kappa shape index (κ2) is 10.6. The molecular weight excluding hydrogens is 537 g/mol. The molecule has 1 fully saturated rings. The minimum atomic E-state index is -2.99. The van der Waals surface area contributed by atoms with E-state index in [1.54, 1.807) is 5.38 Å². The van der Waals surface area contributed by atoms with Gasteiger partial charge in [0.15, 0.2) is 16.4 Å². The number of benzene rings is 1. The second-order valence-electron chi connectivity index (χ2n) is 7.86. The zero-order chi connectivity index (χ0) is 26.7. The van der Waals surface area contributed by atoms with Crippen molar-refractivity contribution in [1.82, 2.24) is 15.6 Å². The molecule has 2 aromatic rings. The maximum atomic E-state index is 13.8. The summed E-state index contributed by atoms with van der Waals surface area (Å²) in [5.41, 5.74) is 4.90. The minimum absolute atomic E-state index is 0.00881. The van der Waals surface area contributed by atoms with Gasteiger partial charge >= 0.3 is 18.6 Å². The molecule has 1 amide bonds. The number of nitrogens with one attached hydrogen (secondary N) is 2. The van der Waals surface area contributed by atoms with Crippen LogP contribution in [0, 0.1) is 5.82 Å². The molecular formula is C22H18ClF3N6O4S. The van der Waals surface area contributed by atoms with Crippen molar-refractivity contribution in [2.45, 2.75) is 24.6 Å². The number of alkyl halides is 2. The summed E-state index contributed by atoms with van der Waals surface area (Å²) in [5.74, 6) is -1.77. The number of nitrogens with zero attached hydrogens (tertiary/aromatic N) is 3. The number of aliphatic carboxylic acids is 1. The number of rotatable bonds is 8. The van der Waals surface area contributed by atoms with E-state index in [4.69, 9.17) is 22.1 Å². The Kier molecular flexibility index (Phi) is 7.50. The highest BCUT2D eigenvalue weighted by Gasteiger charge is 2.48. The number of aromatic nitrogens is 1. The highest BCUT2D eigenvalue weighted by molar-refractivity contribution is 7.11. The average Bonchev–Trinajstić information content (AvgIpc) is 3.49. The van der Waals surface area contributed by atoms with Crippen LogP contribution in [0.1, 0.15) is 23.0 Å². The number of amides is 1. The van der Waals surface area contributed by atoms with Gasteiger partial charge in [-0.3, -0.25) is 4.99 Å². The number of ether oxygens (including phenoxy) is 1. The fraction of sp³-hybridized carbons (Fsp3) is 0.227. The summed E-state index contributed by atoms with van der Waals surface area (Å²) in [6, 6.07) is 2.56. The van der Waals surface area contributed by atoms with E-state index in [1.807, 2.05) is 0 Å². The number of aliphatic imine (C=N–C) groups is 2. The lowest BCUT2D eigenvalue weighted by atomic mass is 9.87. The van der Waals surface area contributed by atoms with Crippen LogP contribution >= 0.6 is 22.9 Å². The molecule has 1 aromatic carbocycles. The first kappa shape index (κ1) is 26.2. The number of carbonyl (C=O) groups excluding carboxylic acids is 1. The maximum absolute atomic E-state index is 13.8. The zero-order valence-corrected chi connectivity index (χ0v) is 20.2. The Balaban J connectivity index is 1.92. The van der Waals surface area contributed by atoms with Crippen molar-refractivity contribution >= 4 is 47.1 Å². The third-order valence-electron chi connectivity index (χ3n) is 5.46. The number of allylic oxidation sites excluding steroid dienone is 1. The molecule has 10 nitrogen and oxygen atoms in total. The molecule has 4 rings (SSSR count). The normalized spacial score (nSPS) is 22.2. The Labute approximate surface area is 216 Å². The van der Waals surface area contributed by atoms with Crippen LogP contribution in [0.3, 0.4) is 0 Å². The van der Waals surface area contributed by atoms with Crippen LogP contribution in [0.2, 0.25) is 5.02 Å². The molecule has 0 aliphatic carbocycles. The molecule has 0 radical (unpaired) electrons. The van der Waals surface area contributed by atoms with Crippen molar-refractivity contribution in [3.05, 3.63) is 74.2 Å². The Bertz CT molecular complexity index is 1350. The highest BCUT2D eigenvalue weighted by Crippen LogP contribution is 2.40. The van der Waals surface area contributed by atoms with Gasteiger partial charge in [0.1, 0.15) is 18.5 Å². The van der Waals surface area contributed by atoms with Crippen molar-refractivity contribution in [3.63, 3.8) is 0 Å². The Hall–Kier alpha value is -3.91. The Morgan fingerprint density at radius 3 is 2.84 bits per heavy atom. The lowest BCUT2D eigenvalue weighted by molar-refractivity contribution is -0.144. The molecule has 1 aromatic heterocycles. The fourth-order valence-electron chi connectivity index (χ4n) is 3.79. The topological polar surface area (TPSA) is 151 Å². The summed E-state index contributed by atoms with van der Waals surface area (Å²) in [7, 11) is 0. The molecule has 1 saturated heterocycles. The van der Waals surface area contributed by atoms with E-state index in [0.717, 1.165) is 24.4 Å². The van der Waals surface area contributed by atoms with E-state index in [2.05, 4.69) is 25.6 Å². The summed E-state index contributed by atoms with van der Waals surface area (Å²) in [4.78, 5) is 35.9. The molecule has 194 valence electrons. The number of cyclic esters (lactones) is 1. The summed E-state index contributed by atoms with van der Waals surface area (Å²) in [6.45, 7) is -3.48. The SMILES string of the molecule is NC(=CC=NC(F)F)C1=C(C[C@@]2(C(=O)O)COC(=O)N2)NC(c2nccs2)=N[C@H]1c1ccc(F)cc1Cl. The lowest BCUT2D eigenvalue weighted by Gasteiger charge is -2.32. The van der Waals surface area contributed by atoms with Crippen molar-refractivity contribution in [3.8, 4) is 0 Å². The van der Waals surface area contributed by atoms with Crippen molar-refractivity contribution in [2.75, 3.05) is 6.61 Å². The number of carboxylic acids is 1. The predicted octanol–water partition coefficient (Wildman–Crippen LogP) is 3.37. The Morgan fingerprint density at radius 1 is 1.46 bits per heavy atom. The first-order chi connectivity index (χ1) is 17.6. The molecule has 0 saturated carbocycles. The number of alkyl carbamates (subject to hydrolysis) is 1. The van der Waals surface area contributed by atoms with E-state index >= 15 is 0 Å². The first-order valence-electron chi connectivity index (χ1n) is 10.5. The molecule has 3 heterocycles. The number of thiazole rings is 1. The molecule has 0 bridgehead atoms. The van der Waals surface area contributed by atoms with Crippen LogP contribution in [0.5, 0.6) is 0 Å². The van der Waals surface area contributed by atoms with Gasteiger partial charge in [-0.05, 0) is 18.2 Å². The smallest absolute Gasteiger partial charge is 0.408 e. The van der Waals surface area contributed by atoms with Gasteiger partial charge < -0.3 is 26.2 Å². The second-order valence-corrected chi connectivity index (χ2v) is 9.17. The molecule has 15 heteroatoms.